The van der Waals surface area contributed by atoms with Gasteiger partial charge in [-0.15, -0.1) is 0 Å². The molecule has 2 bridgehead atoms. The van der Waals surface area contributed by atoms with Gasteiger partial charge in [-0.1, -0.05) is 0 Å². The Bertz CT molecular complexity index is 422. The summed E-state index contributed by atoms with van der Waals surface area (Å²) in [5.41, 5.74) is 1.52. The van der Waals surface area contributed by atoms with Crippen LogP contribution in [0.15, 0.2) is 11.1 Å². The average Bonchev–Trinajstić information content (AvgIpc) is 2.70. The number of hydrogen-bond donors (Lipinski definition) is 0. The van der Waals surface area contributed by atoms with Gasteiger partial charge in [-0.05, 0) is 31.9 Å². The maximum absolute atomic E-state index is 11.6. The van der Waals surface area contributed by atoms with Gasteiger partial charge in [0.15, 0.2) is 0 Å². The van der Waals surface area contributed by atoms with Gasteiger partial charge in [0.25, 0.3) is 0 Å². The normalized spacial score (nSPS) is 47.5. The molecule has 80 valence electrons. The van der Waals surface area contributed by atoms with E-state index in [-0.39, 0.29) is 6.10 Å². The van der Waals surface area contributed by atoms with Crippen LogP contribution in [0.3, 0.4) is 0 Å². The van der Waals surface area contributed by atoms with E-state index in [0.29, 0.717) is 0 Å². The quantitative estimate of drug-likeness (QED) is 0.336. The number of cyclic esters (lactones) is 2. The van der Waals surface area contributed by atoms with Crippen molar-refractivity contribution in [1.82, 2.24) is 0 Å². The molecule has 3 heterocycles. The van der Waals surface area contributed by atoms with Gasteiger partial charge in [-0.3, -0.25) is 9.59 Å². The van der Waals surface area contributed by atoms with Crippen LogP contribution in [-0.2, 0) is 19.1 Å². The van der Waals surface area contributed by atoms with Gasteiger partial charge in [-0.2, -0.15) is 0 Å². The Morgan fingerprint density at radius 1 is 1.20 bits per heavy atom. The van der Waals surface area contributed by atoms with Crippen molar-refractivity contribution in [2.24, 2.45) is 11.8 Å². The number of rotatable bonds is 0. The summed E-state index contributed by atoms with van der Waals surface area (Å²) in [7, 11) is 0. The van der Waals surface area contributed by atoms with Crippen LogP contribution in [0.4, 0.5) is 0 Å². The van der Waals surface area contributed by atoms with Gasteiger partial charge < -0.3 is 9.47 Å². The number of fused-ring (bicyclic) bond motifs is 5. The van der Waals surface area contributed by atoms with Gasteiger partial charge >= 0.3 is 11.9 Å². The fourth-order valence-corrected chi connectivity index (χ4v) is 3.07. The Hall–Kier alpha value is -1.16. The average molecular weight is 208 g/mol. The van der Waals surface area contributed by atoms with Crippen molar-refractivity contribution in [3.05, 3.63) is 11.1 Å². The highest BCUT2D eigenvalue weighted by Gasteiger charge is 2.68. The molecule has 3 aliphatic rings. The molecule has 0 amide bonds. The minimum atomic E-state index is -0.622. The van der Waals surface area contributed by atoms with E-state index in [0.717, 1.165) is 11.1 Å². The Kier molecular flexibility index (Phi) is 1.41. The van der Waals surface area contributed by atoms with E-state index in [9.17, 15) is 9.59 Å². The second-order valence-electron chi connectivity index (χ2n) is 4.70. The number of carbonyl (C=O) groups excluding carboxylic acids is 2. The van der Waals surface area contributed by atoms with Crippen LogP contribution in [0.2, 0.25) is 0 Å². The van der Waals surface area contributed by atoms with Crippen LogP contribution in [0.25, 0.3) is 0 Å². The van der Waals surface area contributed by atoms with Gasteiger partial charge in [0.2, 0.25) is 0 Å². The minimum Gasteiger partial charge on any atom is -0.393 e. The molecule has 4 nitrogen and oxygen atoms in total. The van der Waals surface area contributed by atoms with Crippen molar-refractivity contribution >= 4 is 11.9 Å². The van der Waals surface area contributed by atoms with Crippen LogP contribution < -0.4 is 0 Å². The minimum absolute atomic E-state index is 0.251. The molecule has 15 heavy (non-hydrogen) atoms. The third-order valence-corrected chi connectivity index (χ3v) is 4.14. The van der Waals surface area contributed by atoms with Crippen molar-refractivity contribution in [3.63, 3.8) is 0 Å². The third kappa shape index (κ3) is 0.785. The summed E-state index contributed by atoms with van der Waals surface area (Å²) in [5, 5.41) is 0. The molecule has 0 aromatic rings. The summed E-state index contributed by atoms with van der Waals surface area (Å²) in [6.07, 6.45) is -0.251. The molecular formula is C11H12O4. The first-order chi connectivity index (χ1) is 6.97. The Balaban J connectivity index is 2.18. The van der Waals surface area contributed by atoms with Crippen molar-refractivity contribution in [2.45, 2.75) is 32.5 Å². The molecule has 0 radical (unpaired) electrons. The summed E-state index contributed by atoms with van der Waals surface area (Å²) in [6, 6.07) is 0. The second-order valence-corrected chi connectivity index (χ2v) is 4.70. The van der Waals surface area contributed by atoms with Crippen molar-refractivity contribution < 1.29 is 19.1 Å². The third-order valence-electron chi connectivity index (χ3n) is 4.14. The lowest BCUT2D eigenvalue weighted by atomic mass is 9.71. The Morgan fingerprint density at radius 2 is 1.87 bits per heavy atom. The standard InChI is InChI=1S/C11H12O4/c1-4-5(2)11(3)7-6(8(4)15-11)9(12)14-10(7)13/h6-8H,1-3H3/t6?,7?,8-,11+/m1/s1. The fraction of sp³-hybridized carbons (Fsp3) is 0.636. The van der Waals surface area contributed by atoms with Gasteiger partial charge in [-0.25, -0.2) is 0 Å². The smallest absolute Gasteiger partial charge is 0.320 e. The van der Waals surface area contributed by atoms with E-state index in [1.54, 1.807) is 0 Å². The first kappa shape index (κ1) is 9.09. The molecule has 0 aliphatic carbocycles. The van der Waals surface area contributed by atoms with Crippen LogP contribution in [0.1, 0.15) is 20.8 Å². The first-order valence-corrected chi connectivity index (χ1v) is 5.08. The lowest BCUT2D eigenvalue weighted by molar-refractivity contribution is -0.158. The zero-order valence-corrected chi connectivity index (χ0v) is 8.87. The lowest BCUT2D eigenvalue weighted by Gasteiger charge is -2.27. The fourth-order valence-electron chi connectivity index (χ4n) is 3.07. The van der Waals surface area contributed by atoms with Gasteiger partial charge in [0, 0.05) is 0 Å². The molecule has 2 fully saturated rings. The zero-order chi connectivity index (χ0) is 11.0. The molecule has 2 unspecified atom stereocenters. The molecule has 0 N–H and O–H groups in total. The van der Waals surface area contributed by atoms with E-state index < -0.39 is 29.4 Å². The lowest BCUT2D eigenvalue weighted by Crippen LogP contribution is -2.38. The summed E-state index contributed by atoms with van der Waals surface area (Å²) in [6.45, 7) is 5.79. The predicted molar refractivity (Wildman–Crippen MR) is 49.7 cm³/mol. The number of esters is 2. The molecule has 3 aliphatic heterocycles. The molecule has 3 rings (SSSR count). The maximum atomic E-state index is 11.6. The van der Waals surface area contributed by atoms with Gasteiger partial charge in [0.05, 0.1) is 6.10 Å². The van der Waals surface area contributed by atoms with E-state index in [2.05, 4.69) is 4.74 Å². The Labute approximate surface area is 87.2 Å². The highest BCUT2D eigenvalue weighted by Crippen LogP contribution is 2.56. The SMILES string of the molecule is CC1=C(C)[C@]2(C)O[C@H]1C1C(=O)OC(=O)C12. The number of hydrogen-bond acceptors (Lipinski definition) is 4. The molecule has 0 saturated carbocycles. The number of ether oxygens (including phenoxy) is 2. The zero-order valence-electron chi connectivity index (χ0n) is 8.87. The molecule has 4 atom stereocenters. The van der Waals surface area contributed by atoms with Crippen LogP contribution in [-0.4, -0.2) is 23.6 Å². The molecule has 0 aromatic carbocycles. The van der Waals surface area contributed by atoms with Crippen molar-refractivity contribution in [3.8, 4) is 0 Å². The van der Waals surface area contributed by atoms with E-state index in [4.69, 9.17) is 4.74 Å². The van der Waals surface area contributed by atoms with E-state index in [1.165, 1.54) is 0 Å². The van der Waals surface area contributed by atoms with Crippen LogP contribution >= 0.6 is 0 Å². The molecule has 4 heteroatoms. The summed E-state index contributed by atoms with van der Waals surface area (Å²) >= 11 is 0. The maximum Gasteiger partial charge on any atom is 0.320 e. The topological polar surface area (TPSA) is 52.6 Å². The summed E-state index contributed by atoms with van der Waals surface area (Å²) in [5.74, 6) is -1.70. The second kappa shape index (κ2) is 2.32. The highest BCUT2D eigenvalue weighted by molar-refractivity contribution is 5.99. The summed E-state index contributed by atoms with van der Waals surface area (Å²) in [4.78, 5) is 23.1. The van der Waals surface area contributed by atoms with E-state index >= 15 is 0 Å². The summed E-state index contributed by atoms with van der Waals surface area (Å²) < 4.78 is 10.5. The first-order valence-electron chi connectivity index (χ1n) is 5.08. The number of carbonyl (C=O) groups is 2. The van der Waals surface area contributed by atoms with Crippen molar-refractivity contribution in [1.29, 1.82) is 0 Å². The predicted octanol–water partition coefficient (Wildman–Crippen LogP) is 0.810. The van der Waals surface area contributed by atoms with Gasteiger partial charge in [0.1, 0.15) is 17.4 Å². The molecule has 2 saturated heterocycles. The van der Waals surface area contributed by atoms with Crippen molar-refractivity contribution in [2.75, 3.05) is 0 Å². The highest BCUT2D eigenvalue weighted by atomic mass is 16.6. The molecule has 0 spiro atoms. The van der Waals surface area contributed by atoms with E-state index in [1.807, 2.05) is 20.8 Å². The molecule has 0 aromatic heterocycles. The monoisotopic (exact) mass is 208 g/mol. The molecular weight excluding hydrogens is 196 g/mol. The largest absolute Gasteiger partial charge is 0.393 e. The Morgan fingerprint density at radius 3 is 2.53 bits per heavy atom. The van der Waals surface area contributed by atoms with Crippen LogP contribution in [0.5, 0.6) is 0 Å². The van der Waals surface area contributed by atoms with Crippen LogP contribution in [0, 0.1) is 11.8 Å².